The van der Waals surface area contributed by atoms with Gasteiger partial charge in [0.25, 0.3) is 0 Å². The monoisotopic (exact) mass is 212 g/mol. The van der Waals surface area contributed by atoms with Gasteiger partial charge >= 0.3 is 0 Å². The van der Waals surface area contributed by atoms with Gasteiger partial charge in [-0.25, -0.2) is 0 Å². The molecule has 2 rings (SSSR count). The highest BCUT2D eigenvalue weighted by Gasteiger charge is 2.38. The molecule has 3 nitrogen and oxygen atoms in total. The molecule has 0 aromatic rings. The molecule has 0 saturated carbocycles. The van der Waals surface area contributed by atoms with Crippen molar-refractivity contribution in [3.63, 3.8) is 0 Å². The van der Waals surface area contributed by atoms with E-state index in [0.717, 1.165) is 19.7 Å². The van der Waals surface area contributed by atoms with E-state index >= 15 is 0 Å². The first-order valence-electron chi connectivity index (χ1n) is 6.29. The van der Waals surface area contributed by atoms with Crippen LogP contribution in [0.1, 0.15) is 26.2 Å². The lowest BCUT2D eigenvalue weighted by atomic mass is 9.89. The summed E-state index contributed by atoms with van der Waals surface area (Å²) >= 11 is 0. The lowest BCUT2D eigenvalue weighted by Gasteiger charge is -2.46. The van der Waals surface area contributed by atoms with Gasteiger partial charge in [0, 0.05) is 26.2 Å². The standard InChI is InChI=1S/C12H24N2O/c1-3-6-14-9-10-15-12(11-14)4-7-13(2)8-5-12/h3-11H2,1-2H3. The number of piperidine rings is 1. The average Bonchev–Trinajstić information content (AvgIpc) is 2.24. The van der Waals surface area contributed by atoms with Crippen LogP contribution in [0.3, 0.4) is 0 Å². The molecule has 0 atom stereocenters. The fourth-order valence-corrected chi connectivity index (χ4v) is 2.76. The molecule has 0 amide bonds. The second kappa shape index (κ2) is 4.81. The highest BCUT2D eigenvalue weighted by molar-refractivity contribution is 4.92. The van der Waals surface area contributed by atoms with E-state index in [-0.39, 0.29) is 5.60 Å². The fraction of sp³-hybridized carbons (Fsp3) is 1.00. The van der Waals surface area contributed by atoms with E-state index in [1.54, 1.807) is 0 Å². The molecule has 2 heterocycles. The molecule has 88 valence electrons. The maximum Gasteiger partial charge on any atom is 0.0833 e. The van der Waals surface area contributed by atoms with Crippen molar-refractivity contribution in [2.45, 2.75) is 31.8 Å². The Hall–Kier alpha value is -0.120. The Bertz CT molecular complexity index is 198. The van der Waals surface area contributed by atoms with Gasteiger partial charge in [0.2, 0.25) is 0 Å². The van der Waals surface area contributed by atoms with E-state index in [1.807, 2.05) is 0 Å². The first-order chi connectivity index (χ1) is 7.24. The molecule has 0 aromatic heterocycles. The predicted octanol–water partition coefficient (Wildman–Crippen LogP) is 1.19. The van der Waals surface area contributed by atoms with Crippen molar-refractivity contribution in [2.75, 3.05) is 46.4 Å². The molecule has 0 aromatic carbocycles. The van der Waals surface area contributed by atoms with Gasteiger partial charge in [0.15, 0.2) is 0 Å². The van der Waals surface area contributed by atoms with E-state index in [4.69, 9.17) is 4.74 Å². The van der Waals surface area contributed by atoms with Gasteiger partial charge in [-0.1, -0.05) is 6.92 Å². The minimum atomic E-state index is 0.194. The number of hydrogen-bond donors (Lipinski definition) is 0. The lowest BCUT2D eigenvalue weighted by molar-refractivity contribution is -0.133. The molecule has 2 aliphatic heterocycles. The Kier molecular flexibility index (Phi) is 3.65. The lowest BCUT2D eigenvalue weighted by Crippen LogP contribution is -2.56. The molecule has 15 heavy (non-hydrogen) atoms. The third-order valence-corrected chi connectivity index (χ3v) is 3.77. The van der Waals surface area contributed by atoms with Crippen LogP contribution in [0.15, 0.2) is 0 Å². The van der Waals surface area contributed by atoms with Crippen LogP contribution in [-0.4, -0.2) is 61.8 Å². The van der Waals surface area contributed by atoms with Gasteiger partial charge in [-0.3, -0.25) is 4.90 Å². The smallest absolute Gasteiger partial charge is 0.0833 e. The first kappa shape index (κ1) is 11.4. The van der Waals surface area contributed by atoms with Crippen LogP contribution in [0.5, 0.6) is 0 Å². The minimum Gasteiger partial charge on any atom is -0.372 e. The minimum absolute atomic E-state index is 0.194. The van der Waals surface area contributed by atoms with Crippen LogP contribution in [0.25, 0.3) is 0 Å². The zero-order valence-corrected chi connectivity index (χ0v) is 10.2. The number of rotatable bonds is 2. The third kappa shape index (κ3) is 2.71. The van der Waals surface area contributed by atoms with Crippen LogP contribution in [0.2, 0.25) is 0 Å². The summed E-state index contributed by atoms with van der Waals surface area (Å²) in [4.78, 5) is 4.99. The predicted molar refractivity (Wildman–Crippen MR) is 62.1 cm³/mol. The van der Waals surface area contributed by atoms with Gasteiger partial charge in [0.1, 0.15) is 0 Å². The summed E-state index contributed by atoms with van der Waals surface area (Å²) in [6, 6.07) is 0. The summed E-state index contributed by atoms with van der Waals surface area (Å²) in [5.41, 5.74) is 0.194. The summed E-state index contributed by atoms with van der Waals surface area (Å²) in [5.74, 6) is 0. The molecule has 0 radical (unpaired) electrons. The second-order valence-electron chi connectivity index (χ2n) is 5.11. The van der Waals surface area contributed by atoms with Gasteiger partial charge < -0.3 is 9.64 Å². The highest BCUT2D eigenvalue weighted by atomic mass is 16.5. The number of hydrogen-bond acceptors (Lipinski definition) is 3. The van der Waals surface area contributed by atoms with Crippen LogP contribution >= 0.6 is 0 Å². The Morgan fingerprint density at radius 1 is 1.20 bits per heavy atom. The molecule has 2 fully saturated rings. The van der Waals surface area contributed by atoms with Crippen LogP contribution < -0.4 is 0 Å². The molecule has 3 heteroatoms. The van der Waals surface area contributed by atoms with Gasteiger partial charge in [-0.2, -0.15) is 0 Å². The van der Waals surface area contributed by atoms with Crippen molar-refractivity contribution in [1.29, 1.82) is 0 Å². The molecule has 1 spiro atoms. The molecule has 0 bridgehead atoms. The summed E-state index contributed by atoms with van der Waals surface area (Å²) in [6.45, 7) is 9.11. The summed E-state index contributed by atoms with van der Waals surface area (Å²) < 4.78 is 6.06. The Morgan fingerprint density at radius 3 is 2.60 bits per heavy atom. The Morgan fingerprint density at radius 2 is 1.93 bits per heavy atom. The van der Waals surface area contributed by atoms with E-state index in [1.165, 1.54) is 38.9 Å². The largest absolute Gasteiger partial charge is 0.372 e. The maximum absolute atomic E-state index is 6.06. The Balaban J connectivity index is 1.90. The van der Waals surface area contributed by atoms with E-state index in [2.05, 4.69) is 23.8 Å². The van der Waals surface area contributed by atoms with E-state index < -0.39 is 0 Å². The van der Waals surface area contributed by atoms with Gasteiger partial charge in [0.05, 0.1) is 12.2 Å². The quantitative estimate of drug-likeness (QED) is 0.684. The molecular formula is C12H24N2O. The molecule has 0 N–H and O–H groups in total. The van der Waals surface area contributed by atoms with E-state index in [9.17, 15) is 0 Å². The first-order valence-corrected chi connectivity index (χ1v) is 6.29. The molecule has 0 aliphatic carbocycles. The average molecular weight is 212 g/mol. The summed E-state index contributed by atoms with van der Waals surface area (Å²) in [7, 11) is 2.21. The van der Waals surface area contributed by atoms with Crippen molar-refractivity contribution < 1.29 is 4.74 Å². The van der Waals surface area contributed by atoms with Crippen LogP contribution in [-0.2, 0) is 4.74 Å². The zero-order chi connectivity index (χ0) is 10.7. The van der Waals surface area contributed by atoms with Crippen molar-refractivity contribution in [2.24, 2.45) is 0 Å². The summed E-state index contributed by atoms with van der Waals surface area (Å²) in [6.07, 6.45) is 3.68. The maximum atomic E-state index is 6.06. The van der Waals surface area contributed by atoms with Crippen LogP contribution in [0, 0.1) is 0 Å². The molecule has 2 saturated heterocycles. The fourth-order valence-electron chi connectivity index (χ4n) is 2.76. The number of morpholine rings is 1. The number of likely N-dealkylation sites (tertiary alicyclic amines) is 1. The van der Waals surface area contributed by atoms with Crippen molar-refractivity contribution in [1.82, 2.24) is 9.80 Å². The topological polar surface area (TPSA) is 15.7 Å². The van der Waals surface area contributed by atoms with Gasteiger partial charge in [-0.05, 0) is 32.9 Å². The zero-order valence-electron chi connectivity index (χ0n) is 10.2. The van der Waals surface area contributed by atoms with Crippen molar-refractivity contribution >= 4 is 0 Å². The molecule has 2 aliphatic rings. The Labute approximate surface area is 93.4 Å². The number of ether oxygens (including phenoxy) is 1. The number of nitrogens with zero attached hydrogens (tertiary/aromatic N) is 2. The summed E-state index contributed by atoms with van der Waals surface area (Å²) in [5, 5.41) is 0. The van der Waals surface area contributed by atoms with Crippen molar-refractivity contribution in [3.8, 4) is 0 Å². The van der Waals surface area contributed by atoms with Crippen molar-refractivity contribution in [3.05, 3.63) is 0 Å². The molecule has 0 unspecified atom stereocenters. The SMILES string of the molecule is CCCN1CCOC2(CCN(C)CC2)C1. The third-order valence-electron chi connectivity index (χ3n) is 3.77. The normalized spacial score (nSPS) is 28.4. The van der Waals surface area contributed by atoms with Crippen LogP contribution in [0.4, 0.5) is 0 Å². The second-order valence-corrected chi connectivity index (χ2v) is 5.11. The highest BCUT2D eigenvalue weighted by Crippen LogP contribution is 2.29. The van der Waals surface area contributed by atoms with Gasteiger partial charge in [-0.15, -0.1) is 0 Å². The molecular weight excluding hydrogens is 188 g/mol. The van der Waals surface area contributed by atoms with E-state index in [0.29, 0.717) is 0 Å².